The standard InChI is InChI=1S/C28H37N5O2/c1-19-14-26(29-23-11-10-20-6-4-7-21(20)15-23)30-28(35)32(19)12-3-2-9-27(34)31-17-22-16-24-8-5-13-33(24)25(22)18-31/h10-11,14-15,22,24-25,29H,1-9,12-13,16-18H2,(H,30,35). The summed E-state index contributed by atoms with van der Waals surface area (Å²) in [7, 11) is 0. The molecular weight excluding hydrogens is 438 g/mol. The Bertz CT molecular complexity index is 1070. The lowest BCUT2D eigenvalue weighted by atomic mass is 10.0. The van der Waals surface area contributed by atoms with Gasteiger partial charge in [-0.1, -0.05) is 12.6 Å². The first-order valence-electron chi connectivity index (χ1n) is 13.5. The number of amides is 3. The Balaban J connectivity index is 0.953. The quantitative estimate of drug-likeness (QED) is 0.588. The van der Waals surface area contributed by atoms with Crippen molar-refractivity contribution in [2.75, 3.05) is 31.5 Å². The van der Waals surface area contributed by atoms with Gasteiger partial charge in [0.05, 0.1) is 0 Å². The molecule has 3 fully saturated rings. The number of nitrogens with zero attached hydrogens (tertiary/aromatic N) is 3. The average Bonchev–Trinajstić information content (AvgIpc) is 3.59. The number of hydrogen-bond donors (Lipinski definition) is 2. The van der Waals surface area contributed by atoms with Gasteiger partial charge in [-0.25, -0.2) is 4.79 Å². The predicted molar refractivity (Wildman–Crippen MR) is 137 cm³/mol. The Morgan fingerprint density at radius 1 is 1.14 bits per heavy atom. The number of hydrogen-bond acceptors (Lipinski definition) is 4. The Hall–Kier alpha value is -2.80. The summed E-state index contributed by atoms with van der Waals surface area (Å²) in [6, 6.07) is 7.64. The first-order valence-corrected chi connectivity index (χ1v) is 13.5. The summed E-state index contributed by atoms with van der Waals surface area (Å²) in [5, 5.41) is 6.27. The molecule has 2 N–H and O–H groups in total. The number of anilines is 1. The van der Waals surface area contributed by atoms with Gasteiger partial charge < -0.3 is 10.2 Å². The van der Waals surface area contributed by atoms with Crippen LogP contribution in [0.25, 0.3) is 0 Å². The van der Waals surface area contributed by atoms with Gasteiger partial charge in [0.1, 0.15) is 5.82 Å². The molecule has 6 rings (SSSR count). The first-order chi connectivity index (χ1) is 17.0. The van der Waals surface area contributed by atoms with Crippen LogP contribution in [-0.2, 0) is 17.6 Å². The van der Waals surface area contributed by atoms with Crippen molar-refractivity contribution in [3.8, 4) is 0 Å². The van der Waals surface area contributed by atoms with Crippen molar-refractivity contribution >= 4 is 17.6 Å². The fourth-order valence-corrected chi connectivity index (χ4v) is 6.98. The van der Waals surface area contributed by atoms with E-state index in [1.165, 1.54) is 43.4 Å². The highest BCUT2D eigenvalue weighted by molar-refractivity contribution is 5.81. The molecule has 35 heavy (non-hydrogen) atoms. The number of urea groups is 1. The summed E-state index contributed by atoms with van der Waals surface area (Å²) in [4.78, 5) is 32.0. The van der Waals surface area contributed by atoms with Crippen LogP contribution in [0.15, 0.2) is 42.4 Å². The minimum absolute atomic E-state index is 0.167. The first kappa shape index (κ1) is 22.7. The van der Waals surface area contributed by atoms with Crippen LogP contribution in [0.3, 0.4) is 0 Å². The highest BCUT2D eigenvalue weighted by Gasteiger charge is 2.48. The molecule has 0 aromatic heterocycles. The minimum Gasteiger partial charge on any atom is -0.342 e. The van der Waals surface area contributed by atoms with Crippen molar-refractivity contribution in [3.05, 3.63) is 53.5 Å². The van der Waals surface area contributed by atoms with E-state index in [9.17, 15) is 9.59 Å². The molecule has 0 bridgehead atoms. The van der Waals surface area contributed by atoms with Crippen LogP contribution in [0, 0.1) is 5.92 Å². The van der Waals surface area contributed by atoms with Gasteiger partial charge >= 0.3 is 6.03 Å². The number of likely N-dealkylation sites (tertiary alicyclic amines) is 1. The third-order valence-electron chi connectivity index (χ3n) is 8.73. The minimum atomic E-state index is -0.167. The van der Waals surface area contributed by atoms with Crippen molar-refractivity contribution in [3.63, 3.8) is 0 Å². The van der Waals surface area contributed by atoms with Crippen molar-refractivity contribution in [2.45, 2.75) is 69.9 Å². The largest absolute Gasteiger partial charge is 0.342 e. The molecule has 3 unspecified atom stereocenters. The van der Waals surface area contributed by atoms with Gasteiger partial charge in [0.2, 0.25) is 5.91 Å². The zero-order chi connectivity index (χ0) is 23.9. The molecule has 7 nitrogen and oxygen atoms in total. The third-order valence-corrected chi connectivity index (χ3v) is 8.73. The maximum atomic E-state index is 12.8. The highest BCUT2D eigenvalue weighted by atomic mass is 16.2. The van der Waals surface area contributed by atoms with Crippen molar-refractivity contribution in [1.29, 1.82) is 0 Å². The SMILES string of the molecule is C=C1C=C(Nc2ccc3c(c2)CCC3)NC(=O)N1CCCCC(=O)N1CC2CC3CCCN3C2C1. The monoisotopic (exact) mass is 475 g/mol. The number of unbranched alkanes of at least 4 members (excludes halogenated alkanes) is 1. The normalized spacial score (nSPS) is 27.5. The van der Waals surface area contributed by atoms with Gasteiger partial charge in [-0.3, -0.25) is 19.9 Å². The topological polar surface area (TPSA) is 67.9 Å². The molecule has 5 aliphatic rings. The van der Waals surface area contributed by atoms with Crippen LogP contribution in [-0.4, -0.2) is 64.9 Å². The van der Waals surface area contributed by atoms with Crippen molar-refractivity contribution in [2.24, 2.45) is 5.92 Å². The van der Waals surface area contributed by atoms with Crippen molar-refractivity contribution < 1.29 is 9.59 Å². The molecule has 3 amide bonds. The predicted octanol–water partition coefficient (Wildman–Crippen LogP) is 3.83. The molecule has 3 saturated heterocycles. The van der Waals surface area contributed by atoms with E-state index in [1.54, 1.807) is 4.90 Å². The van der Waals surface area contributed by atoms with E-state index in [-0.39, 0.29) is 11.9 Å². The molecule has 0 radical (unpaired) electrons. The maximum absolute atomic E-state index is 12.8. The van der Waals surface area contributed by atoms with E-state index in [0.29, 0.717) is 36.4 Å². The average molecular weight is 476 g/mol. The van der Waals surface area contributed by atoms with E-state index in [4.69, 9.17) is 0 Å². The molecule has 7 heteroatoms. The lowest BCUT2D eigenvalue weighted by Gasteiger charge is -2.29. The maximum Gasteiger partial charge on any atom is 0.327 e. The Kier molecular flexibility index (Phi) is 6.04. The van der Waals surface area contributed by atoms with Gasteiger partial charge in [0, 0.05) is 55.6 Å². The fraction of sp³-hybridized carbons (Fsp3) is 0.571. The summed E-state index contributed by atoms with van der Waals surface area (Å²) in [5.74, 6) is 1.61. The van der Waals surface area contributed by atoms with Crippen LogP contribution in [0.1, 0.15) is 56.1 Å². The summed E-state index contributed by atoms with van der Waals surface area (Å²) >= 11 is 0. The molecule has 1 aliphatic carbocycles. The van der Waals surface area contributed by atoms with Crippen molar-refractivity contribution in [1.82, 2.24) is 20.0 Å². The molecule has 1 aromatic rings. The van der Waals surface area contributed by atoms with Crippen LogP contribution >= 0.6 is 0 Å². The molecule has 186 valence electrons. The molecule has 1 aromatic carbocycles. The number of fused-ring (bicyclic) bond motifs is 4. The highest BCUT2D eigenvalue weighted by Crippen LogP contribution is 2.40. The van der Waals surface area contributed by atoms with Crippen LogP contribution in [0.5, 0.6) is 0 Å². The van der Waals surface area contributed by atoms with Crippen LogP contribution in [0.4, 0.5) is 10.5 Å². The fourth-order valence-electron chi connectivity index (χ4n) is 6.98. The van der Waals surface area contributed by atoms with Crippen LogP contribution < -0.4 is 10.6 Å². The van der Waals surface area contributed by atoms with Gasteiger partial charge in [-0.2, -0.15) is 0 Å². The zero-order valence-corrected chi connectivity index (χ0v) is 20.6. The molecule has 4 aliphatic heterocycles. The lowest BCUT2D eigenvalue weighted by Crippen LogP contribution is -2.44. The molecule has 0 spiro atoms. The summed E-state index contributed by atoms with van der Waals surface area (Å²) in [6.07, 6.45) is 11.5. The number of benzene rings is 1. The number of rotatable bonds is 7. The summed E-state index contributed by atoms with van der Waals surface area (Å²) in [5.41, 5.74) is 4.49. The lowest BCUT2D eigenvalue weighted by molar-refractivity contribution is -0.130. The Morgan fingerprint density at radius 3 is 2.91 bits per heavy atom. The Labute approximate surface area is 208 Å². The van der Waals surface area contributed by atoms with E-state index in [0.717, 1.165) is 50.5 Å². The zero-order valence-electron chi connectivity index (χ0n) is 20.6. The Morgan fingerprint density at radius 2 is 2.03 bits per heavy atom. The van der Waals surface area contributed by atoms with E-state index in [1.807, 2.05) is 6.08 Å². The number of carbonyl (C=O) groups excluding carboxylic acids is 2. The molecule has 3 atom stereocenters. The number of aryl methyl sites for hydroxylation is 2. The van der Waals surface area contributed by atoms with Gasteiger partial charge in [0.25, 0.3) is 0 Å². The van der Waals surface area contributed by atoms with Gasteiger partial charge in [-0.15, -0.1) is 0 Å². The van der Waals surface area contributed by atoms with E-state index < -0.39 is 0 Å². The second-order valence-electron chi connectivity index (χ2n) is 10.9. The molecule has 4 heterocycles. The molecular formula is C28H37N5O2. The van der Waals surface area contributed by atoms with Gasteiger partial charge in [0.15, 0.2) is 0 Å². The van der Waals surface area contributed by atoms with Gasteiger partial charge in [-0.05, 0) is 87.1 Å². The third kappa shape index (κ3) is 4.46. The molecule has 0 saturated carbocycles. The van der Waals surface area contributed by atoms with E-state index in [2.05, 4.69) is 45.2 Å². The number of carbonyl (C=O) groups is 2. The smallest absolute Gasteiger partial charge is 0.327 e. The number of allylic oxidation sites excluding steroid dienone is 1. The summed E-state index contributed by atoms with van der Waals surface area (Å²) < 4.78 is 0. The number of nitrogens with one attached hydrogen (secondary N) is 2. The van der Waals surface area contributed by atoms with E-state index >= 15 is 0 Å². The van der Waals surface area contributed by atoms with Crippen LogP contribution in [0.2, 0.25) is 0 Å². The second kappa shape index (κ2) is 9.34. The summed E-state index contributed by atoms with van der Waals surface area (Å²) in [6.45, 7) is 7.74. The second-order valence-corrected chi connectivity index (χ2v) is 10.9.